The van der Waals surface area contributed by atoms with E-state index in [0.29, 0.717) is 0 Å². The van der Waals surface area contributed by atoms with Crippen molar-refractivity contribution in [3.63, 3.8) is 0 Å². The molecule has 0 saturated carbocycles. The van der Waals surface area contributed by atoms with E-state index in [1.165, 1.54) is 6.07 Å². The maximum Gasteiger partial charge on any atom is 0.133 e. The summed E-state index contributed by atoms with van der Waals surface area (Å²) in [4.78, 5) is 0. The summed E-state index contributed by atoms with van der Waals surface area (Å²) in [5.74, 6) is 0.774. The van der Waals surface area contributed by atoms with Gasteiger partial charge in [-0.3, -0.25) is 0 Å². The van der Waals surface area contributed by atoms with E-state index in [0.717, 1.165) is 30.8 Å². The first-order valence-corrected chi connectivity index (χ1v) is 6.53. The minimum atomic E-state index is -0.152. The highest BCUT2D eigenvalue weighted by atomic mass is 19.1. The van der Waals surface area contributed by atoms with Gasteiger partial charge in [0.15, 0.2) is 0 Å². The van der Waals surface area contributed by atoms with Crippen LogP contribution in [0, 0.1) is 5.82 Å². The van der Waals surface area contributed by atoms with Crippen molar-refractivity contribution < 1.29 is 4.39 Å². The van der Waals surface area contributed by atoms with Gasteiger partial charge in [-0.05, 0) is 12.5 Å². The summed E-state index contributed by atoms with van der Waals surface area (Å²) in [5, 5.41) is 11.2. The van der Waals surface area contributed by atoms with Crippen LogP contribution in [-0.4, -0.2) is 21.3 Å². The Morgan fingerprint density at radius 2 is 2.16 bits per heavy atom. The van der Waals surface area contributed by atoms with Crippen molar-refractivity contribution in [1.29, 1.82) is 0 Å². The molecular weight excluding hydrogens is 243 g/mol. The van der Waals surface area contributed by atoms with Gasteiger partial charge in [-0.1, -0.05) is 25.1 Å². The molecule has 0 radical (unpaired) electrons. The van der Waals surface area contributed by atoms with Crippen molar-refractivity contribution in [1.82, 2.24) is 20.1 Å². The number of benzene rings is 1. The van der Waals surface area contributed by atoms with Crippen LogP contribution >= 0.6 is 0 Å². The van der Waals surface area contributed by atoms with Crippen molar-refractivity contribution in [3.8, 4) is 0 Å². The molecule has 1 unspecified atom stereocenters. The smallest absolute Gasteiger partial charge is 0.133 e. The van der Waals surface area contributed by atoms with Gasteiger partial charge in [0.1, 0.15) is 18.0 Å². The lowest BCUT2D eigenvalue weighted by Crippen LogP contribution is -2.24. The van der Waals surface area contributed by atoms with Gasteiger partial charge in [0.25, 0.3) is 0 Å². The predicted octanol–water partition coefficient (Wildman–Crippen LogP) is 2.24. The zero-order valence-electron chi connectivity index (χ0n) is 11.3. The quantitative estimate of drug-likeness (QED) is 0.868. The Morgan fingerprint density at radius 3 is 2.79 bits per heavy atom. The second-order valence-corrected chi connectivity index (χ2v) is 4.54. The summed E-state index contributed by atoms with van der Waals surface area (Å²) < 4.78 is 15.6. The minimum absolute atomic E-state index is 0.0365. The SMILES string of the molecule is CCC(NCCc1nncn1C)c1ccccc1F. The van der Waals surface area contributed by atoms with Gasteiger partial charge in [-0.2, -0.15) is 0 Å². The van der Waals surface area contributed by atoms with Crippen molar-refractivity contribution in [2.45, 2.75) is 25.8 Å². The molecule has 102 valence electrons. The van der Waals surface area contributed by atoms with E-state index in [1.807, 2.05) is 30.7 Å². The zero-order valence-corrected chi connectivity index (χ0v) is 11.3. The maximum atomic E-state index is 13.7. The first-order chi connectivity index (χ1) is 9.22. The monoisotopic (exact) mass is 262 g/mol. The number of rotatable bonds is 6. The first-order valence-electron chi connectivity index (χ1n) is 6.53. The molecule has 1 N–H and O–H groups in total. The van der Waals surface area contributed by atoms with Crippen molar-refractivity contribution in [2.75, 3.05) is 6.54 Å². The molecule has 5 heteroatoms. The molecule has 2 rings (SSSR count). The van der Waals surface area contributed by atoms with Gasteiger partial charge >= 0.3 is 0 Å². The molecule has 1 heterocycles. The zero-order chi connectivity index (χ0) is 13.7. The summed E-state index contributed by atoms with van der Waals surface area (Å²) in [5.41, 5.74) is 0.725. The third-order valence-corrected chi connectivity index (χ3v) is 3.23. The van der Waals surface area contributed by atoms with E-state index in [2.05, 4.69) is 15.5 Å². The largest absolute Gasteiger partial charge is 0.321 e. The molecular formula is C14H19FN4. The van der Waals surface area contributed by atoms with Crippen LogP contribution in [0.15, 0.2) is 30.6 Å². The van der Waals surface area contributed by atoms with Crippen LogP contribution in [0.1, 0.15) is 30.8 Å². The highest BCUT2D eigenvalue weighted by Crippen LogP contribution is 2.19. The molecule has 0 aliphatic rings. The average Bonchev–Trinajstić information content (AvgIpc) is 2.82. The number of nitrogens with zero attached hydrogens (tertiary/aromatic N) is 3. The van der Waals surface area contributed by atoms with Crippen molar-refractivity contribution >= 4 is 0 Å². The van der Waals surface area contributed by atoms with Gasteiger partial charge < -0.3 is 9.88 Å². The normalized spacial score (nSPS) is 12.6. The number of aromatic nitrogens is 3. The van der Waals surface area contributed by atoms with E-state index in [9.17, 15) is 4.39 Å². The number of aryl methyl sites for hydroxylation is 1. The summed E-state index contributed by atoms with van der Waals surface area (Å²) in [6.07, 6.45) is 3.31. The molecule has 0 aliphatic carbocycles. The van der Waals surface area contributed by atoms with E-state index >= 15 is 0 Å². The van der Waals surface area contributed by atoms with E-state index < -0.39 is 0 Å². The van der Waals surface area contributed by atoms with Gasteiger partial charge in [-0.25, -0.2) is 4.39 Å². The number of halogens is 1. The Kier molecular flexibility index (Phi) is 4.63. The van der Waals surface area contributed by atoms with E-state index in [4.69, 9.17) is 0 Å². The van der Waals surface area contributed by atoms with Gasteiger partial charge in [0, 0.05) is 31.6 Å². The lowest BCUT2D eigenvalue weighted by Gasteiger charge is -2.17. The Balaban J connectivity index is 1.93. The fraction of sp³-hybridized carbons (Fsp3) is 0.429. The van der Waals surface area contributed by atoms with E-state index in [-0.39, 0.29) is 11.9 Å². The predicted molar refractivity (Wildman–Crippen MR) is 72.1 cm³/mol. The van der Waals surface area contributed by atoms with Crippen LogP contribution in [0.4, 0.5) is 4.39 Å². The topological polar surface area (TPSA) is 42.7 Å². The van der Waals surface area contributed by atoms with Crippen LogP contribution < -0.4 is 5.32 Å². The Labute approximate surface area is 112 Å². The molecule has 0 amide bonds. The van der Waals surface area contributed by atoms with E-state index in [1.54, 1.807) is 12.4 Å². The molecule has 1 atom stereocenters. The summed E-state index contributed by atoms with van der Waals surface area (Å²) >= 11 is 0. The Morgan fingerprint density at radius 1 is 1.37 bits per heavy atom. The second-order valence-electron chi connectivity index (χ2n) is 4.54. The second kappa shape index (κ2) is 6.43. The first kappa shape index (κ1) is 13.7. The molecule has 0 aliphatic heterocycles. The Hall–Kier alpha value is -1.75. The maximum absolute atomic E-state index is 13.7. The van der Waals surface area contributed by atoms with Crippen LogP contribution in [0.25, 0.3) is 0 Å². The van der Waals surface area contributed by atoms with Gasteiger partial charge in [-0.15, -0.1) is 10.2 Å². The lowest BCUT2D eigenvalue weighted by molar-refractivity contribution is 0.487. The molecule has 0 fully saturated rings. The van der Waals surface area contributed by atoms with Crippen molar-refractivity contribution in [2.24, 2.45) is 7.05 Å². The van der Waals surface area contributed by atoms with Gasteiger partial charge in [0.05, 0.1) is 0 Å². The van der Waals surface area contributed by atoms with Crippen LogP contribution in [0.2, 0.25) is 0 Å². The minimum Gasteiger partial charge on any atom is -0.321 e. The Bertz CT molecular complexity index is 524. The summed E-state index contributed by atoms with van der Waals surface area (Å²) in [6, 6.07) is 6.95. The molecule has 0 bridgehead atoms. The van der Waals surface area contributed by atoms with Gasteiger partial charge in [0.2, 0.25) is 0 Å². The third-order valence-electron chi connectivity index (χ3n) is 3.23. The standard InChI is InChI=1S/C14H19FN4/c1-3-13(11-6-4-5-7-12(11)15)16-9-8-14-18-17-10-19(14)2/h4-7,10,13,16H,3,8-9H2,1-2H3. The summed E-state index contributed by atoms with van der Waals surface area (Å²) in [6.45, 7) is 2.80. The number of hydrogen-bond donors (Lipinski definition) is 1. The molecule has 4 nitrogen and oxygen atoms in total. The molecule has 0 saturated heterocycles. The summed E-state index contributed by atoms with van der Waals surface area (Å²) in [7, 11) is 1.92. The van der Waals surface area contributed by atoms with Crippen LogP contribution in [0.3, 0.4) is 0 Å². The number of nitrogens with one attached hydrogen (secondary N) is 1. The van der Waals surface area contributed by atoms with Crippen LogP contribution in [-0.2, 0) is 13.5 Å². The molecule has 2 aromatic rings. The molecule has 19 heavy (non-hydrogen) atoms. The molecule has 1 aromatic carbocycles. The molecule has 1 aromatic heterocycles. The van der Waals surface area contributed by atoms with Crippen LogP contribution in [0.5, 0.6) is 0 Å². The lowest BCUT2D eigenvalue weighted by atomic mass is 10.0. The average molecular weight is 262 g/mol. The fourth-order valence-corrected chi connectivity index (χ4v) is 2.12. The van der Waals surface area contributed by atoms with Crippen molar-refractivity contribution in [3.05, 3.63) is 47.8 Å². The fourth-order valence-electron chi connectivity index (χ4n) is 2.12. The third kappa shape index (κ3) is 3.38. The molecule has 0 spiro atoms. The number of hydrogen-bond acceptors (Lipinski definition) is 3. The highest BCUT2D eigenvalue weighted by Gasteiger charge is 2.12. The highest BCUT2D eigenvalue weighted by molar-refractivity contribution is 5.21.